The van der Waals surface area contributed by atoms with Crippen LogP contribution in [0.4, 0.5) is 22.7 Å². The standard InChI is InChI=1S/C73H50N6O/c1-48-43-72(74-46-60(48)73-69(77-62-32-12-6-26-54(62)55-27-7-13-33-63(55)77)39-20-40-70(73)78-64-34-14-8-28-56(64)57-29-9-15-35-65(57)78)79-66-36-16-10-30-58(66)59-42-41-52(45-71(59)79)80-51-24-19-23-50(44-51)75-47-76(68-38-18-17-37-67(68)75)61-31-11-5-25-53(61)49-21-3-2-4-22-49/h2-46H,47H2,1H3. The number of pyridine rings is 1. The predicted molar refractivity (Wildman–Crippen MR) is 331 cm³/mol. The summed E-state index contributed by atoms with van der Waals surface area (Å²) in [4.78, 5) is 10.3. The topological polar surface area (TPSA) is 43.4 Å². The average molecular weight is 1030 g/mol. The molecule has 0 amide bonds. The zero-order valence-electron chi connectivity index (χ0n) is 43.8. The van der Waals surface area contributed by atoms with E-state index >= 15 is 0 Å². The molecule has 0 aliphatic carbocycles. The van der Waals surface area contributed by atoms with Crippen molar-refractivity contribution in [2.75, 3.05) is 16.5 Å². The van der Waals surface area contributed by atoms with Gasteiger partial charge in [-0.2, -0.15) is 0 Å². The van der Waals surface area contributed by atoms with E-state index in [1.165, 1.54) is 32.7 Å². The van der Waals surface area contributed by atoms with E-state index in [0.717, 1.165) is 112 Å². The molecule has 5 heterocycles. The molecule has 0 spiro atoms. The van der Waals surface area contributed by atoms with Gasteiger partial charge in [0.25, 0.3) is 0 Å². The second-order valence-corrected chi connectivity index (χ2v) is 20.8. The molecule has 4 aromatic heterocycles. The number of benzene rings is 11. The highest BCUT2D eigenvalue weighted by atomic mass is 16.5. The Labute approximate surface area is 462 Å². The van der Waals surface area contributed by atoms with Crippen LogP contribution in [0.2, 0.25) is 0 Å². The first-order valence-electron chi connectivity index (χ1n) is 27.3. The average Bonchev–Trinajstić information content (AvgIpc) is 4.46. The zero-order chi connectivity index (χ0) is 52.8. The fraction of sp³-hybridized carbons (Fsp3) is 0.0274. The fourth-order valence-corrected chi connectivity index (χ4v) is 12.8. The second-order valence-electron chi connectivity index (χ2n) is 20.8. The molecule has 7 heteroatoms. The molecule has 0 saturated carbocycles. The van der Waals surface area contributed by atoms with Gasteiger partial charge >= 0.3 is 0 Å². The van der Waals surface area contributed by atoms with Crippen LogP contribution in [0.25, 0.3) is 105 Å². The maximum Gasteiger partial charge on any atom is 0.137 e. The third-order valence-electron chi connectivity index (χ3n) is 16.3. The molecule has 0 saturated heterocycles. The quantitative estimate of drug-likeness (QED) is 0.144. The molecular weight excluding hydrogens is 977 g/mol. The molecule has 80 heavy (non-hydrogen) atoms. The molecular formula is C73H50N6O. The molecule has 0 bridgehead atoms. The van der Waals surface area contributed by atoms with Crippen LogP contribution in [-0.2, 0) is 0 Å². The van der Waals surface area contributed by atoms with E-state index < -0.39 is 0 Å². The van der Waals surface area contributed by atoms with Crippen molar-refractivity contribution < 1.29 is 4.74 Å². The molecule has 0 atom stereocenters. The van der Waals surface area contributed by atoms with Gasteiger partial charge in [0.1, 0.15) is 24.0 Å². The minimum absolute atomic E-state index is 0.650. The first-order valence-corrected chi connectivity index (χ1v) is 27.3. The van der Waals surface area contributed by atoms with Crippen LogP contribution in [0.1, 0.15) is 5.56 Å². The third kappa shape index (κ3) is 7.11. The summed E-state index contributed by atoms with van der Waals surface area (Å²) in [5.74, 6) is 2.32. The smallest absolute Gasteiger partial charge is 0.137 e. The van der Waals surface area contributed by atoms with Crippen LogP contribution < -0.4 is 14.5 Å². The highest BCUT2D eigenvalue weighted by Crippen LogP contribution is 2.48. The molecule has 11 aromatic carbocycles. The van der Waals surface area contributed by atoms with Gasteiger partial charge in [-0.1, -0.05) is 164 Å². The Bertz CT molecular complexity index is 4710. The Kier molecular flexibility index (Phi) is 10.4. The van der Waals surface area contributed by atoms with Gasteiger partial charge in [-0.05, 0) is 109 Å². The third-order valence-corrected chi connectivity index (χ3v) is 16.3. The first-order chi connectivity index (χ1) is 39.6. The molecule has 1 aliphatic heterocycles. The Balaban J connectivity index is 0.810. The van der Waals surface area contributed by atoms with Crippen LogP contribution >= 0.6 is 0 Å². The summed E-state index contributed by atoms with van der Waals surface area (Å²) in [5.41, 5.74) is 19.0. The second kappa shape index (κ2) is 18.3. The number of anilines is 4. The number of para-hydroxylation sites is 8. The van der Waals surface area contributed by atoms with E-state index in [2.05, 4.69) is 297 Å². The molecule has 16 rings (SSSR count). The van der Waals surface area contributed by atoms with E-state index in [-0.39, 0.29) is 0 Å². The number of rotatable bonds is 9. The minimum atomic E-state index is 0.650. The van der Waals surface area contributed by atoms with Crippen molar-refractivity contribution in [2.45, 2.75) is 6.92 Å². The number of ether oxygens (including phenoxy) is 1. The van der Waals surface area contributed by atoms with Gasteiger partial charge < -0.3 is 23.7 Å². The number of fused-ring (bicyclic) bond motifs is 10. The Morgan fingerprint density at radius 1 is 0.338 bits per heavy atom. The molecule has 0 radical (unpaired) electrons. The lowest BCUT2D eigenvalue weighted by atomic mass is 9.98. The lowest BCUT2D eigenvalue weighted by molar-refractivity contribution is 0.483. The van der Waals surface area contributed by atoms with E-state index in [1.54, 1.807) is 0 Å². The number of hydrogen-bond donors (Lipinski definition) is 0. The van der Waals surface area contributed by atoms with Crippen molar-refractivity contribution in [2.24, 2.45) is 0 Å². The SMILES string of the molecule is Cc1cc(-n2c3ccccc3c3ccc(Oc4cccc(N5CN(c6ccccc6-c6ccccc6)c6ccccc65)c4)cc32)ncc1-c1c(-n2c3ccccc3c3ccccc32)cccc1-n1c2ccccc2c2ccccc21. The lowest BCUT2D eigenvalue weighted by Gasteiger charge is -2.24. The number of aromatic nitrogens is 4. The van der Waals surface area contributed by atoms with Crippen LogP contribution in [0.5, 0.6) is 11.5 Å². The Morgan fingerprint density at radius 3 is 1.39 bits per heavy atom. The van der Waals surface area contributed by atoms with Gasteiger partial charge in [0.05, 0.1) is 61.5 Å². The van der Waals surface area contributed by atoms with E-state index in [4.69, 9.17) is 9.72 Å². The van der Waals surface area contributed by atoms with Crippen molar-refractivity contribution in [1.82, 2.24) is 18.7 Å². The lowest BCUT2D eigenvalue weighted by Crippen LogP contribution is -2.24. The van der Waals surface area contributed by atoms with Crippen molar-refractivity contribution >= 4 is 88.2 Å². The van der Waals surface area contributed by atoms with Gasteiger partial charge in [0, 0.05) is 73.0 Å². The summed E-state index contributed by atoms with van der Waals surface area (Å²) in [5, 5.41) is 7.14. The summed E-state index contributed by atoms with van der Waals surface area (Å²) in [6.45, 7) is 2.88. The molecule has 0 unspecified atom stereocenters. The number of aryl methyl sites for hydroxylation is 1. The normalized spacial score (nSPS) is 12.5. The maximum absolute atomic E-state index is 6.89. The molecule has 378 valence electrons. The molecule has 0 N–H and O–H groups in total. The van der Waals surface area contributed by atoms with E-state index in [9.17, 15) is 0 Å². The summed E-state index contributed by atoms with van der Waals surface area (Å²) in [6.07, 6.45) is 2.10. The summed E-state index contributed by atoms with van der Waals surface area (Å²) in [7, 11) is 0. The van der Waals surface area contributed by atoms with Crippen molar-refractivity contribution in [3.63, 3.8) is 0 Å². The molecule has 0 fully saturated rings. The Morgan fingerprint density at radius 2 is 0.800 bits per heavy atom. The highest BCUT2D eigenvalue weighted by Gasteiger charge is 2.30. The van der Waals surface area contributed by atoms with Crippen molar-refractivity contribution in [1.29, 1.82) is 0 Å². The maximum atomic E-state index is 6.89. The molecule has 15 aromatic rings. The van der Waals surface area contributed by atoms with Gasteiger partial charge in [-0.15, -0.1) is 0 Å². The van der Waals surface area contributed by atoms with Crippen molar-refractivity contribution in [3.05, 3.63) is 279 Å². The number of hydrogen-bond acceptors (Lipinski definition) is 4. The summed E-state index contributed by atoms with van der Waals surface area (Å²) >= 11 is 0. The van der Waals surface area contributed by atoms with Gasteiger partial charge in [0.15, 0.2) is 0 Å². The molecule has 1 aliphatic rings. The fourth-order valence-electron chi connectivity index (χ4n) is 12.8. The monoisotopic (exact) mass is 1030 g/mol. The van der Waals surface area contributed by atoms with Gasteiger partial charge in [-0.25, -0.2) is 4.98 Å². The van der Waals surface area contributed by atoms with Gasteiger partial charge in [0.2, 0.25) is 0 Å². The van der Waals surface area contributed by atoms with Crippen molar-refractivity contribution in [3.8, 4) is 50.9 Å². The van der Waals surface area contributed by atoms with E-state index in [0.29, 0.717) is 6.67 Å². The minimum Gasteiger partial charge on any atom is -0.457 e. The highest BCUT2D eigenvalue weighted by molar-refractivity contribution is 6.13. The summed E-state index contributed by atoms with van der Waals surface area (Å²) in [6, 6.07) is 95.5. The van der Waals surface area contributed by atoms with Crippen LogP contribution in [0.15, 0.2) is 273 Å². The Hall–Kier alpha value is -10.6. The zero-order valence-corrected chi connectivity index (χ0v) is 43.8. The first kappa shape index (κ1) is 45.6. The van der Waals surface area contributed by atoms with Crippen LogP contribution in [0, 0.1) is 6.92 Å². The van der Waals surface area contributed by atoms with Crippen LogP contribution in [-0.4, -0.2) is 25.4 Å². The van der Waals surface area contributed by atoms with Crippen LogP contribution in [0.3, 0.4) is 0 Å². The van der Waals surface area contributed by atoms with E-state index in [1.807, 2.05) is 6.07 Å². The van der Waals surface area contributed by atoms with Gasteiger partial charge in [-0.3, -0.25) is 4.57 Å². The molecule has 7 nitrogen and oxygen atoms in total. The summed E-state index contributed by atoms with van der Waals surface area (Å²) < 4.78 is 14.1. The predicted octanol–water partition coefficient (Wildman–Crippen LogP) is 19.1. The number of nitrogens with zero attached hydrogens (tertiary/aromatic N) is 6. The largest absolute Gasteiger partial charge is 0.457 e.